The molecule has 1 aliphatic heterocycles. The Morgan fingerprint density at radius 1 is 1.20 bits per heavy atom. The third-order valence-electron chi connectivity index (χ3n) is 5.23. The number of carbonyl (C=O) groups is 2. The van der Waals surface area contributed by atoms with Gasteiger partial charge in [0.15, 0.2) is 16.8 Å². The van der Waals surface area contributed by atoms with E-state index in [1.165, 1.54) is 17.4 Å². The number of aromatic nitrogens is 1. The molecule has 2 amide bonds. The molecule has 0 radical (unpaired) electrons. The van der Waals surface area contributed by atoms with E-state index in [4.69, 9.17) is 0 Å². The lowest BCUT2D eigenvalue weighted by atomic mass is 10.1. The molecule has 154 valence electrons. The predicted octanol–water partition coefficient (Wildman–Crippen LogP) is 4.64. The Labute approximate surface area is 176 Å². The van der Waals surface area contributed by atoms with Crippen LogP contribution in [0.25, 0.3) is 11.3 Å². The zero-order chi connectivity index (χ0) is 21.3. The minimum absolute atomic E-state index is 0.0619. The van der Waals surface area contributed by atoms with Crippen LogP contribution in [0.4, 0.5) is 13.9 Å². The Morgan fingerprint density at radius 2 is 1.97 bits per heavy atom. The Hall–Kier alpha value is -3.13. The van der Waals surface area contributed by atoms with E-state index in [1.807, 2.05) is 37.3 Å². The fraction of sp³-hybridized carbons (Fsp3) is 0.227. The molecule has 30 heavy (non-hydrogen) atoms. The molecule has 1 N–H and O–H groups in total. The van der Waals surface area contributed by atoms with Gasteiger partial charge in [0, 0.05) is 23.9 Å². The monoisotopic (exact) mass is 427 g/mol. The summed E-state index contributed by atoms with van der Waals surface area (Å²) in [6.07, 6.45) is 0.143. The third-order valence-corrected chi connectivity index (χ3v) is 5.99. The number of carbonyl (C=O) groups excluding carboxylic acids is 2. The van der Waals surface area contributed by atoms with Gasteiger partial charge in [-0.15, -0.1) is 11.3 Å². The number of hydrogen-bond acceptors (Lipinski definition) is 4. The molecule has 2 heterocycles. The van der Waals surface area contributed by atoms with Crippen molar-refractivity contribution in [2.75, 3.05) is 11.9 Å². The van der Waals surface area contributed by atoms with Crippen molar-refractivity contribution in [3.05, 3.63) is 71.1 Å². The van der Waals surface area contributed by atoms with Gasteiger partial charge in [0.2, 0.25) is 11.8 Å². The molecular weight excluding hydrogens is 408 g/mol. The highest BCUT2D eigenvalue weighted by Gasteiger charge is 2.37. The van der Waals surface area contributed by atoms with E-state index in [9.17, 15) is 18.4 Å². The number of thiazole rings is 1. The Morgan fingerprint density at radius 3 is 2.70 bits per heavy atom. The first kappa shape index (κ1) is 20.2. The number of anilines is 1. The first-order valence-corrected chi connectivity index (χ1v) is 10.4. The van der Waals surface area contributed by atoms with Gasteiger partial charge in [-0.3, -0.25) is 9.59 Å². The van der Waals surface area contributed by atoms with Crippen LogP contribution in [0.3, 0.4) is 0 Å². The standard InChI is InChI=1S/C22H19F2N3O2S/c1-13(14-5-3-2-4-6-14)27-11-16(10-20(27)28)21(29)26-22-25-19(12-30-22)15-7-8-17(23)18(24)9-15/h2-9,12-13,16H,10-11H2,1H3,(H,25,26,29)/t13-,16-/m1/s1. The average Bonchev–Trinajstić information content (AvgIpc) is 3.37. The van der Waals surface area contributed by atoms with Crippen molar-refractivity contribution >= 4 is 28.3 Å². The summed E-state index contributed by atoms with van der Waals surface area (Å²) in [7, 11) is 0. The van der Waals surface area contributed by atoms with Gasteiger partial charge in [-0.05, 0) is 30.7 Å². The summed E-state index contributed by atoms with van der Waals surface area (Å²) in [6.45, 7) is 2.28. The van der Waals surface area contributed by atoms with Gasteiger partial charge < -0.3 is 10.2 Å². The smallest absolute Gasteiger partial charge is 0.231 e. The number of nitrogens with one attached hydrogen (secondary N) is 1. The highest BCUT2D eigenvalue weighted by Crippen LogP contribution is 2.30. The Bertz CT molecular complexity index is 1090. The van der Waals surface area contributed by atoms with Crippen molar-refractivity contribution in [3.8, 4) is 11.3 Å². The second-order valence-corrected chi connectivity index (χ2v) is 8.05. The predicted molar refractivity (Wildman–Crippen MR) is 111 cm³/mol. The molecule has 2 aromatic carbocycles. The topological polar surface area (TPSA) is 62.3 Å². The summed E-state index contributed by atoms with van der Waals surface area (Å²) >= 11 is 1.19. The zero-order valence-corrected chi connectivity index (χ0v) is 17.0. The number of halogens is 2. The van der Waals surface area contributed by atoms with Crippen molar-refractivity contribution in [1.82, 2.24) is 9.88 Å². The first-order valence-electron chi connectivity index (χ1n) is 9.48. The molecular formula is C22H19F2N3O2S. The lowest BCUT2D eigenvalue weighted by Crippen LogP contribution is -2.30. The van der Waals surface area contributed by atoms with Gasteiger partial charge in [-0.1, -0.05) is 30.3 Å². The fourth-order valence-electron chi connectivity index (χ4n) is 3.52. The third kappa shape index (κ3) is 4.09. The van der Waals surface area contributed by atoms with Gasteiger partial charge in [0.25, 0.3) is 0 Å². The highest BCUT2D eigenvalue weighted by molar-refractivity contribution is 7.14. The largest absolute Gasteiger partial charge is 0.335 e. The summed E-state index contributed by atoms with van der Waals surface area (Å²) < 4.78 is 26.6. The van der Waals surface area contributed by atoms with Gasteiger partial charge in [0.1, 0.15) is 0 Å². The van der Waals surface area contributed by atoms with E-state index in [1.54, 1.807) is 10.3 Å². The van der Waals surface area contributed by atoms with E-state index in [0.29, 0.717) is 22.9 Å². The van der Waals surface area contributed by atoms with Crippen LogP contribution in [0.15, 0.2) is 53.9 Å². The van der Waals surface area contributed by atoms with Crippen LogP contribution in [0, 0.1) is 17.6 Å². The lowest BCUT2D eigenvalue weighted by Gasteiger charge is -2.25. The van der Waals surface area contributed by atoms with Gasteiger partial charge >= 0.3 is 0 Å². The summed E-state index contributed by atoms with van der Waals surface area (Å²) in [5.74, 6) is -2.70. The molecule has 0 saturated carbocycles. The van der Waals surface area contributed by atoms with Gasteiger partial charge in [-0.25, -0.2) is 13.8 Å². The first-order chi connectivity index (χ1) is 14.4. The van der Waals surface area contributed by atoms with E-state index in [2.05, 4.69) is 10.3 Å². The molecule has 3 aromatic rings. The molecule has 8 heteroatoms. The fourth-order valence-corrected chi connectivity index (χ4v) is 4.24. The van der Waals surface area contributed by atoms with E-state index in [-0.39, 0.29) is 24.3 Å². The average molecular weight is 427 g/mol. The number of amides is 2. The van der Waals surface area contributed by atoms with Crippen LogP contribution in [-0.2, 0) is 9.59 Å². The molecule has 1 fully saturated rings. The molecule has 1 aromatic heterocycles. The van der Waals surface area contributed by atoms with Crippen molar-refractivity contribution in [1.29, 1.82) is 0 Å². The molecule has 4 rings (SSSR count). The van der Waals surface area contributed by atoms with Crippen molar-refractivity contribution in [3.63, 3.8) is 0 Å². The van der Waals surface area contributed by atoms with E-state index in [0.717, 1.165) is 17.7 Å². The maximum atomic E-state index is 13.4. The minimum atomic E-state index is -0.955. The molecule has 0 bridgehead atoms. The minimum Gasteiger partial charge on any atom is -0.335 e. The lowest BCUT2D eigenvalue weighted by molar-refractivity contribution is -0.129. The van der Waals surface area contributed by atoms with Gasteiger partial charge in [-0.2, -0.15) is 0 Å². The molecule has 1 aliphatic rings. The maximum absolute atomic E-state index is 13.4. The number of benzene rings is 2. The SMILES string of the molecule is C[C@H](c1ccccc1)N1C[C@H](C(=O)Nc2nc(-c3ccc(F)c(F)c3)cs2)CC1=O. The number of rotatable bonds is 5. The molecule has 0 spiro atoms. The van der Waals surface area contributed by atoms with E-state index >= 15 is 0 Å². The summed E-state index contributed by atoms with van der Waals surface area (Å²) in [6, 6.07) is 13.1. The molecule has 5 nitrogen and oxygen atoms in total. The number of likely N-dealkylation sites (tertiary alicyclic amines) is 1. The number of hydrogen-bond donors (Lipinski definition) is 1. The Balaban J connectivity index is 1.42. The highest BCUT2D eigenvalue weighted by atomic mass is 32.1. The van der Waals surface area contributed by atoms with Crippen LogP contribution in [0.5, 0.6) is 0 Å². The molecule has 1 saturated heterocycles. The quantitative estimate of drug-likeness (QED) is 0.646. The normalized spacial score (nSPS) is 17.2. The van der Waals surface area contributed by atoms with Gasteiger partial charge in [0.05, 0.1) is 17.7 Å². The summed E-state index contributed by atoms with van der Waals surface area (Å²) in [5.41, 5.74) is 1.88. The van der Waals surface area contributed by atoms with Crippen LogP contribution < -0.4 is 5.32 Å². The summed E-state index contributed by atoms with van der Waals surface area (Å²) in [5, 5.41) is 4.75. The van der Waals surface area contributed by atoms with Crippen molar-refractivity contribution in [2.45, 2.75) is 19.4 Å². The molecule has 0 aliphatic carbocycles. The van der Waals surface area contributed by atoms with Crippen molar-refractivity contribution in [2.24, 2.45) is 5.92 Å². The molecule has 2 atom stereocenters. The molecule has 0 unspecified atom stereocenters. The second-order valence-electron chi connectivity index (χ2n) is 7.19. The van der Waals surface area contributed by atoms with Crippen LogP contribution in [-0.4, -0.2) is 28.2 Å². The second kappa shape index (κ2) is 8.31. The zero-order valence-electron chi connectivity index (χ0n) is 16.1. The van der Waals surface area contributed by atoms with Crippen LogP contribution in [0.2, 0.25) is 0 Å². The Kier molecular flexibility index (Phi) is 5.59. The van der Waals surface area contributed by atoms with Crippen LogP contribution in [0.1, 0.15) is 24.9 Å². The van der Waals surface area contributed by atoms with Crippen LogP contribution >= 0.6 is 11.3 Å². The van der Waals surface area contributed by atoms with Crippen molar-refractivity contribution < 1.29 is 18.4 Å². The number of nitrogens with zero attached hydrogens (tertiary/aromatic N) is 2. The maximum Gasteiger partial charge on any atom is 0.231 e. The van der Waals surface area contributed by atoms with E-state index < -0.39 is 17.6 Å². The summed E-state index contributed by atoms with van der Waals surface area (Å²) in [4.78, 5) is 31.1.